The van der Waals surface area contributed by atoms with E-state index >= 15 is 0 Å². The van der Waals surface area contributed by atoms with Crippen LogP contribution in [0.15, 0.2) is 28.7 Å². The number of hydrogen-bond donors (Lipinski definition) is 0. The molecule has 0 N–H and O–H groups in total. The molecule has 2 rings (SSSR count). The molecule has 0 saturated heterocycles. The number of rotatable bonds is 8. The van der Waals surface area contributed by atoms with Crippen molar-refractivity contribution in [3.8, 4) is 17.2 Å². The number of ether oxygens (including phenoxy) is 1. The minimum atomic E-state index is -0.0137. The summed E-state index contributed by atoms with van der Waals surface area (Å²) in [5.41, 5.74) is 0.835. The lowest BCUT2D eigenvalue weighted by Gasteiger charge is -2.18. The van der Waals surface area contributed by atoms with Crippen molar-refractivity contribution in [3.05, 3.63) is 30.2 Å². The largest absolute Gasteiger partial charge is 0.484 e. The number of hydrogen-bond acceptors (Lipinski definition) is 5. The third-order valence-electron chi connectivity index (χ3n) is 3.51. The first-order valence-corrected chi connectivity index (χ1v) is 8.01. The van der Waals surface area contributed by atoms with E-state index in [2.05, 4.69) is 17.1 Å². The molecule has 1 aromatic heterocycles. The highest BCUT2D eigenvalue weighted by Crippen LogP contribution is 2.21. The van der Waals surface area contributed by atoms with Gasteiger partial charge in [-0.05, 0) is 44.5 Å². The number of carbonyl (C=O) groups is 1. The minimum Gasteiger partial charge on any atom is -0.484 e. The second kappa shape index (κ2) is 8.31. The predicted octanol–water partition coefficient (Wildman–Crippen LogP) is 2.94. The molecular formula is C17H23N3O3. The molecule has 0 atom stereocenters. The minimum absolute atomic E-state index is 0.0137. The van der Waals surface area contributed by atoms with E-state index < -0.39 is 0 Å². The molecular weight excluding hydrogens is 294 g/mol. The summed E-state index contributed by atoms with van der Waals surface area (Å²) in [5.74, 6) is 1.77. The summed E-state index contributed by atoms with van der Waals surface area (Å²) >= 11 is 0. The smallest absolute Gasteiger partial charge is 0.260 e. The van der Waals surface area contributed by atoms with Crippen molar-refractivity contribution in [2.45, 2.75) is 33.6 Å². The lowest BCUT2D eigenvalue weighted by Crippen LogP contribution is -2.34. The molecule has 23 heavy (non-hydrogen) atoms. The quantitative estimate of drug-likeness (QED) is 0.749. The molecule has 1 aromatic carbocycles. The van der Waals surface area contributed by atoms with E-state index in [0.717, 1.165) is 18.4 Å². The van der Waals surface area contributed by atoms with Gasteiger partial charge < -0.3 is 14.1 Å². The third kappa shape index (κ3) is 4.55. The highest BCUT2D eigenvalue weighted by Gasteiger charge is 2.11. The molecule has 6 nitrogen and oxygen atoms in total. The molecule has 0 aliphatic rings. The molecule has 6 heteroatoms. The first-order valence-electron chi connectivity index (χ1n) is 8.01. The second-order valence-corrected chi connectivity index (χ2v) is 5.13. The van der Waals surface area contributed by atoms with Crippen LogP contribution >= 0.6 is 0 Å². The Morgan fingerprint density at radius 1 is 1.13 bits per heavy atom. The Morgan fingerprint density at radius 3 is 2.43 bits per heavy atom. The van der Waals surface area contributed by atoms with Gasteiger partial charge in [0.25, 0.3) is 5.91 Å². The summed E-state index contributed by atoms with van der Waals surface area (Å²) < 4.78 is 11.1. The first-order chi connectivity index (χ1) is 11.2. The van der Waals surface area contributed by atoms with Gasteiger partial charge in [-0.2, -0.15) is 0 Å². The molecule has 0 fully saturated rings. The van der Waals surface area contributed by atoms with Gasteiger partial charge in [0, 0.05) is 25.1 Å². The number of amides is 1. The molecule has 1 heterocycles. The lowest BCUT2D eigenvalue weighted by atomic mass is 10.2. The Bertz CT molecular complexity index is 618. The fourth-order valence-corrected chi connectivity index (χ4v) is 2.19. The molecule has 0 bridgehead atoms. The standard InChI is InChI=1S/C17H23N3O3/c1-4-7-15-18-19-17(23-15)13-8-10-14(11-9-13)22-12-16(21)20(5-2)6-3/h8-11H,4-7,12H2,1-3H3. The number of nitrogens with zero attached hydrogens (tertiary/aromatic N) is 3. The second-order valence-electron chi connectivity index (χ2n) is 5.13. The van der Waals surface area contributed by atoms with E-state index in [9.17, 15) is 4.79 Å². The van der Waals surface area contributed by atoms with Crippen molar-refractivity contribution in [3.63, 3.8) is 0 Å². The average Bonchev–Trinajstić information content (AvgIpc) is 3.03. The van der Waals surface area contributed by atoms with Gasteiger partial charge in [-0.3, -0.25) is 4.79 Å². The van der Waals surface area contributed by atoms with Crippen molar-refractivity contribution >= 4 is 5.91 Å². The van der Waals surface area contributed by atoms with E-state index in [-0.39, 0.29) is 12.5 Å². The Kier molecular flexibility index (Phi) is 6.14. The van der Waals surface area contributed by atoms with Gasteiger partial charge in [0.2, 0.25) is 11.8 Å². The summed E-state index contributed by atoms with van der Waals surface area (Å²) in [6.45, 7) is 7.39. The Labute approximate surface area is 136 Å². The monoisotopic (exact) mass is 317 g/mol. The van der Waals surface area contributed by atoms with Crippen molar-refractivity contribution in [1.29, 1.82) is 0 Å². The number of likely N-dealkylation sites (N-methyl/N-ethyl adjacent to an activating group) is 1. The summed E-state index contributed by atoms with van der Waals surface area (Å²) in [6.07, 6.45) is 1.75. The van der Waals surface area contributed by atoms with Crippen molar-refractivity contribution < 1.29 is 13.9 Å². The Morgan fingerprint density at radius 2 is 1.83 bits per heavy atom. The van der Waals surface area contributed by atoms with Crippen LogP contribution in [-0.2, 0) is 11.2 Å². The fourth-order valence-electron chi connectivity index (χ4n) is 2.19. The number of carbonyl (C=O) groups excluding carboxylic acids is 1. The molecule has 1 amide bonds. The van der Waals surface area contributed by atoms with Crippen LogP contribution < -0.4 is 4.74 Å². The van der Waals surface area contributed by atoms with Crippen LogP contribution in [0.3, 0.4) is 0 Å². The number of aromatic nitrogens is 2. The van der Waals surface area contributed by atoms with E-state index in [4.69, 9.17) is 9.15 Å². The van der Waals surface area contributed by atoms with Crippen LogP contribution in [0.5, 0.6) is 5.75 Å². The van der Waals surface area contributed by atoms with Gasteiger partial charge in [0.1, 0.15) is 5.75 Å². The van der Waals surface area contributed by atoms with E-state index in [1.54, 1.807) is 17.0 Å². The Balaban J connectivity index is 1.95. The summed E-state index contributed by atoms with van der Waals surface area (Å²) in [4.78, 5) is 13.6. The molecule has 0 unspecified atom stereocenters. The maximum absolute atomic E-state index is 11.9. The zero-order valence-electron chi connectivity index (χ0n) is 13.9. The van der Waals surface area contributed by atoms with Gasteiger partial charge in [-0.25, -0.2) is 0 Å². The van der Waals surface area contributed by atoms with Gasteiger partial charge in [-0.15, -0.1) is 10.2 Å². The zero-order chi connectivity index (χ0) is 16.7. The van der Waals surface area contributed by atoms with Crippen LogP contribution in [-0.4, -0.2) is 40.7 Å². The van der Waals surface area contributed by atoms with Crippen LogP contribution in [0, 0.1) is 0 Å². The Hall–Kier alpha value is -2.37. The molecule has 0 saturated carbocycles. The summed E-state index contributed by atoms with van der Waals surface area (Å²) in [6, 6.07) is 7.30. The highest BCUT2D eigenvalue weighted by atomic mass is 16.5. The van der Waals surface area contributed by atoms with E-state index in [1.165, 1.54) is 0 Å². The molecule has 0 aliphatic heterocycles. The predicted molar refractivity (Wildman–Crippen MR) is 87.2 cm³/mol. The van der Waals surface area contributed by atoms with Crippen LogP contribution in [0.25, 0.3) is 11.5 Å². The molecule has 0 aliphatic carbocycles. The SMILES string of the molecule is CCCc1nnc(-c2ccc(OCC(=O)N(CC)CC)cc2)o1. The molecule has 2 aromatic rings. The maximum Gasteiger partial charge on any atom is 0.260 e. The fraction of sp³-hybridized carbons (Fsp3) is 0.471. The van der Waals surface area contributed by atoms with Crippen molar-refractivity contribution in [2.24, 2.45) is 0 Å². The van der Waals surface area contributed by atoms with E-state index in [0.29, 0.717) is 30.6 Å². The topological polar surface area (TPSA) is 68.5 Å². The van der Waals surface area contributed by atoms with Gasteiger partial charge in [-0.1, -0.05) is 6.92 Å². The third-order valence-corrected chi connectivity index (χ3v) is 3.51. The van der Waals surface area contributed by atoms with Gasteiger partial charge in [0.15, 0.2) is 6.61 Å². The van der Waals surface area contributed by atoms with Crippen LogP contribution in [0.1, 0.15) is 33.1 Å². The normalized spacial score (nSPS) is 10.6. The zero-order valence-corrected chi connectivity index (χ0v) is 13.9. The van der Waals surface area contributed by atoms with Crippen molar-refractivity contribution in [2.75, 3.05) is 19.7 Å². The first kappa shape index (κ1) is 17.0. The summed E-state index contributed by atoms with van der Waals surface area (Å²) in [7, 11) is 0. The number of benzene rings is 1. The maximum atomic E-state index is 11.9. The lowest BCUT2D eigenvalue weighted by molar-refractivity contribution is -0.132. The average molecular weight is 317 g/mol. The van der Waals surface area contributed by atoms with Crippen LogP contribution in [0.2, 0.25) is 0 Å². The number of aryl methyl sites for hydroxylation is 1. The van der Waals surface area contributed by atoms with Gasteiger partial charge in [0.05, 0.1) is 0 Å². The summed E-state index contributed by atoms with van der Waals surface area (Å²) in [5, 5.41) is 8.04. The molecule has 0 spiro atoms. The molecule has 0 radical (unpaired) electrons. The van der Waals surface area contributed by atoms with E-state index in [1.807, 2.05) is 26.0 Å². The van der Waals surface area contributed by atoms with Crippen molar-refractivity contribution in [1.82, 2.24) is 15.1 Å². The molecule has 124 valence electrons. The van der Waals surface area contributed by atoms with Crippen LogP contribution in [0.4, 0.5) is 0 Å². The van der Waals surface area contributed by atoms with Gasteiger partial charge >= 0.3 is 0 Å². The highest BCUT2D eigenvalue weighted by molar-refractivity contribution is 5.77.